The molecule has 0 radical (unpaired) electrons. The van der Waals surface area contributed by atoms with Crippen LogP contribution in [0.25, 0.3) is 5.57 Å². The summed E-state index contributed by atoms with van der Waals surface area (Å²) in [5.41, 5.74) is 13.1. The summed E-state index contributed by atoms with van der Waals surface area (Å²) < 4.78 is 0.740. The van der Waals surface area contributed by atoms with Crippen molar-refractivity contribution in [1.29, 1.82) is 0 Å². The molecule has 2 aliphatic carbocycles. The number of carbonyl (C=O) groups excluding carboxylic acids is 1. The van der Waals surface area contributed by atoms with E-state index in [9.17, 15) is 15.0 Å². The molecule has 1 aromatic heterocycles. The van der Waals surface area contributed by atoms with Gasteiger partial charge in [-0.3, -0.25) is 0 Å². The van der Waals surface area contributed by atoms with E-state index in [-0.39, 0.29) is 29.2 Å². The van der Waals surface area contributed by atoms with Crippen molar-refractivity contribution in [3.63, 3.8) is 0 Å². The topological polar surface area (TPSA) is 136 Å². The van der Waals surface area contributed by atoms with Crippen molar-refractivity contribution in [1.82, 2.24) is 4.73 Å². The molecule has 0 fully saturated rings. The number of hydrogen-bond acceptors (Lipinski definition) is 5. The quantitative estimate of drug-likeness (QED) is 0.489. The van der Waals surface area contributed by atoms with E-state index in [0.717, 1.165) is 10.3 Å². The van der Waals surface area contributed by atoms with Gasteiger partial charge in [-0.25, -0.2) is 9.79 Å². The maximum atomic E-state index is 12.3. The van der Waals surface area contributed by atoms with E-state index in [1.165, 1.54) is 12.1 Å². The molecular formula is C17H14N4O4. The SMILES string of the molecule is NC(N)=Nc1ccc(C(=O)On2c(O)c3c(c2O)C2C=CC3=C2)cc1. The third-order valence-corrected chi connectivity index (χ3v) is 4.12. The van der Waals surface area contributed by atoms with Crippen LogP contribution in [0.3, 0.4) is 0 Å². The minimum atomic E-state index is -0.746. The Morgan fingerprint density at radius 2 is 1.88 bits per heavy atom. The molecule has 1 heterocycles. The Labute approximate surface area is 141 Å². The van der Waals surface area contributed by atoms with Crippen LogP contribution in [0.2, 0.25) is 0 Å². The number of nitrogens with zero attached hydrogens (tertiary/aromatic N) is 2. The first-order chi connectivity index (χ1) is 12.0. The maximum Gasteiger partial charge on any atom is 0.363 e. The number of aromatic hydroxyl groups is 2. The molecule has 1 atom stereocenters. The first-order valence-electron chi connectivity index (χ1n) is 7.45. The summed E-state index contributed by atoms with van der Waals surface area (Å²) in [5.74, 6) is -1.56. The Bertz CT molecular complexity index is 979. The largest absolute Gasteiger partial charge is 0.492 e. The molecule has 8 nitrogen and oxygen atoms in total. The van der Waals surface area contributed by atoms with Crippen molar-refractivity contribution in [2.75, 3.05) is 0 Å². The molecule has 0 saturated carbocycles. The van der Waals surface area contributed by atoms with Crippen molar-refractivity contribution < 1.29 is 19.8 Å². The highest BCUT2D eigenvalue weighted by Gasteiger charge is 2.36. The first-order valence-corrected chi connectivity index (χ1v) is 7.45. The Morgan fingerprint density at radius 3 is 2.52 bits per heavy atom. The van der Waals surface area contributed by atoms with E-state index in [2.05, 4.69) is 4.99 Å². The Morgan fingerprint density at radius 1 is 1.16 bits per heavy atom. The van der Waals surface area contributed by atoms with Crippen LogP contribution < -0.4 is 16.3 Å². The van der Waals surface area contributed by atoms with Crippen molar-refractivity contribution >= 4 is 23.2 Å². The molecule has 2 bridgehead atoms. The summed E-state index contributed by atoms with van der Waals surface area (Å²) in [7, 11) is 0. The van der Waals surface area contributed by atoms with Gasteiger partial charge in [-0.2, -0.15) is 0 Å². The molecule has 0 aliphatic heterocycles. The maximum absolute atomic E-state index is 12.3. The average molecular weight is 338 g/mol. The smallest absolute Gasteiger partial charge is 0.363 e. The number of guanidine groups is 1. The van der Waals surface area contributed by atoms with E-state index in [1.807, 2.05) is 18.2 Å². The normalized spacial score (nSPS) is 16.5. The standard InChI is InChI=1S/C17H14N4O4/c18-17(19)20-11-5-3-8(4-6-11)16(24)25-21-14(22)12-9-1-2-10(7-9)13(12)15(21)23/h1-7,9,22-23H,(H4,18,19,20). The van der Waals surface area contributed by atoms with Gasteiger partial charge in [0.05, 0.1) is 16.8 Å². The van der Waals surface area contributed by atoms with Gasteiger partial charge >= 0.3 is 5.97 Å². The van der Waals surface area contributed by atoms with E-state index in [1.54, 1.807) is 12.1 Å². The average Bonchev–Trinajstić information content (AvgIpc) is 3.25. The van der Waals surface area contributed by atoms with E-state index >= 15 is 0 Å². The predicted molar refractivity (Wildman–Crippen MR) is 90.4 cm³/mol. The molecule has 0 amide bonds. The van der Waals surface area contributed by atoms with Crippen LogP contribution in [-0.2, 0) is 0 Å². The van der Waals surface area contributed by atoms with Gasteiger partial charge < -0.3 is 26.5 Å². The number of benzene rings is 1. The highest BCUT2D eigenvalue weighted by Crippen LogP contribution is 2.51. The molecule has 25 heavy (non-hydrogen) atoms. The Balaban J connectivity index is 1.60. The molecule has 0 spiro atoms. The fourth-order valence-electron chi connectivity index (χ4n) is 3.05. The van der Waals surface area contributed by atoms with Gasteiger partial charge in [-0.15, -0.1) is 4.73 Å². The lowest BCUT2D eigenvalue weighted by atomic mass is 10.00. The summed E-state index contributed by atoms with van der Waals surface area (Å²) in [4.78, 5) is 21.3. The molecule has 126 valence electrons. The molecule has 2 aromatic rings. The lowest BCUT2D eigenvalue weighted by molar-refractivity contribution is 0.0380. The summed E-state index contributed by atoms with van der Waals surface area (Å²) in [6.45, 7) is 0. The van der Waals surface area contributed by atoms with Crippen LogP contribution >= 0.6 is 0 Å². The number of aromatic nitrogens is 1. The first kappa shape index (κ1) is 14.9. The van der Waals surface area contributed by atoms with Gasteiger partial charge in [0.25, 0.3) is 0 Å². The van der Waals surface area contributed by atoms with Crippen molar-refractivity contribution in [3.05, 3.63) is 59.2 Å². The second-order valence-electron chi connectivity index (χ2n) is 5.70. The van der Waals surface area contributed by atoms with Gasteiger partial charge in [-0.05, 0) is 29.8 Å². The lowest BCUT2D eigenvalue weighted by Gasteiger charge is -2.08. The summed E-state index contributed by atoms with van der Waals surface area (Å²) in [6.07, 6.45) is 5.66. The zero-order valence-electron chi connectivity index (χ0n) is 12.9. The number of hydrogen-bond donors (Lipinski definition) is 4. The lowest BCUT2D eigenvalue weighted by Crippen LogP contribution is -2.22. The molecule has 6 N–H and O–H groups in total. The zero-order valence-corrected chi connectivity index (χ0v) is 12.9. The van der Waals surface area contributed by atoms with Gasteiger partial charge in [0.1, 0.15) is 0 Å². The summed E-state index contributed by atoms with van der Waals surface area (Å²) in [5, 5.41) is 20.6. The minimum Gasteiger partial charge on any atom is -0.492 e. The van der Waals surface area contributed by atoms with Crippen LogP contribution in [0.15, 0.2) is 47.5 Å². The van der Waals surface area contributed by atoms with Crippen LogP contribution in [-0.4, -0.2) is 26.9 Å². The van der Waals surface area contributed by atoms with Crippen LogP contribution in [0.5, 0.6) is 11.8 Å². The molecule has 1 aromatic carbocycles. The highest BCUT2D eigenvalue weighted by molar-refractivity contribution is 5.92. The number of rotatable bonds is 3. The van der Waals surface area contributed by atoms with E-state index in [0.29, 0.717) is 16.8 Å². The molecule has 2 aliphatic rings. The Kier molecular flexibility index (Phi) is 3.08. The van der Waals surface area contributed by atoms with Crippen LogP contribution in [0.1, 0.15) is 27.4 Å². The molecule has 8 heteroatoms. The molecular weight excluding hydrogens is 324 g/mol. The molecule has 1 unspecified atom stereocenters. The van der Waals surface area contributed by atoms with Crippen LogP contribution in [0, 0.1) is 0 Å². The summed E-state index contributed by atoms with van der Waals surface area (Å²) in [6, 6.07) is 6.04. The van der Waals surface area contributed by atoms with E-state index < -0.39 is 5.97 Å². The number of nitrogens with two attached hydrogens (primary N) is 2. The number of aliphatic imine (C=N–C) groups is 1. The zero-order chi connectivity index (χ0) is 17.7. The van der Waals surface area contributed by atoms with E-state index in [4.69, 9.17) is 16.3 Å². The predicted octanol–water partition coefficient (Wildman–Crippen LogP) is 1.12. The third-order valence-electron chi connectivity index (χ3n) is 4.12. The fraction of sp³-hybridized carbons (Fsp3) is 0.0588. The van der Waals surface area contributed by atoms with Crippen molar-refractivity contribution in [2.45, 2.75) is 5.92 Å². The highest BCUT2D eigenvalue weighted by atomic mass is 16.7. The fourth-order valence-corrected chi connectivity index (χ4v) is 3.05. The number of fused-ring (bicyclic) bond motifs is 4. The van der Waals surface area contributed by atoms with Gasteiger partial charge in [0.15, 0.2) is 5.96 Å². The molecule has 0 saturated heterocycles. The summed E-state index contributed by atoms with van der Waals surface area (Å²) >= 11 is 0. The van der Waals surface area contributed by atoms with Gasteiger partial charge in [-0.1, -0.05) is 18.2 Å². The second-order valence-corrected chi connectivity index (χ2v) is 5.70. The third kappa shape index (κ3) is 2.23. The van der Waals surface area contributed by atoms with Gasteiger partial charge in [0.2, 0.25) is 11.8 Å². The van der Waals surface area contributed by atoms with Crippen molar-refractivity contribution in [3.8, 4) is 11.8 Å². The second kappa shape index (κ2) is 5.17. The van der Waals surface area contributed by atoms with Gasteiger partial charge in [0, 0.05) is 11.5 Å². The number of carbonyl (C=O) groups is 1. The minimum absolute atomic E-state index is 0.0930. The Hall–Kier alpha value is -3.68. The molecule has 4 rings (SSSR count). The monoisotopic (exact) mass is 338 g/mol. The van der Waals surface area contributed by atoms with Crippen molar-refractivity contribution in [2.24, 2.45) is 16.5 Å². The number of allylic oxidation sites excluding steroid dienone is 4. The van der Waals surface area contributed by atoms with Crippen LogP contribution in [0.4, 0.5) is 5.69 Å².